The second kappa shape index (κ2) is 12.4. The standard InChI is InChI=1S/C29H37N5O4/c1-7-16-33(28(37)30-22-14-12-21(13-15-22)27(36)38-8-2)19-26(35)31-25-18-24(29(4,5)6)32-34(25)23-11-9-10-20(3)17-23/h9-15,17-18H,7-8,16,19H2,1-6H3,(H,30,37)(H,31,35). The first-order valence-electron chi connectivity index (χ1n) is 12.8. The summed E-state index contributed by atoms with van der Waals surface area (Å²) in [5.74, 6) is -0.216. The van der Waals surface area contributed by atoms with E-state index in [0.29, 0.717) is 30.0 Å². The molecule has 0 aliphatic rings. The number of urea groups is 1. The zero-order chi connectivity index (χ0) is 27.9. The molecule has 0 radical (unpaired) electrons. The number of aromatic nitrogens is 2. The molecule has 3 rings (SSSR count). The van der Waals surface area contributed by atoms with E-state index in [4.69, 9.17) is 9.84 Å². The molecule has 0 spiro atoms. The lowest BCUT2D eigenvalue weighted by Crippen LogP contribution is -2.41. The molecule has 3 amide bonds. The van der Waals surface area contributed by atoms with Gasteiger partial charge in [-0.15, -0.1) is 0 Å². The zero-order valence-electron chi connectivity index (χ0n) is 23.0. The Hall–Kier alpha value is -4.14. The van der Waals surface area contributed by atoms with Crippen molar-refractivity contribution in [1.82, 2.24) is 14.7 Å². The minimum absolute atomic E-state index is 0.134. The number of rotatable bonds is 9. The molecule has 2 aromatic carbocycles. The normalized spacial score (nSPS) is 11.1. The minimum Gasteiger partial charge on any atom is -0.462 e. The van der Waals surface area contributed by atoms with Crippen LogP contribution in [-0.4, -0.2) is 52.3 Å². The number of hydrogen-bond acceptors (Lipinski definition) is 5. The zero-order valence-corrected chi connectivity index (χ0v) is 23.0. The number of carbonyl (C=O) groups excluding carboxylic acids is 3. The summed E-state index contributed by atoms with van der Waals surface area (Å²) in [5.41, 5.74) is 3.44. The highest BCUT2D eigenvalue weighted by atomic mass is 16.5. The Morgan fingerprint density at radius 1 is 1.00 bits per heavy atom. The van der Waals surface area contributed by atoms with Gasteiger partial charge in [0.05, 0.1) is 23.6 Å². The topological polar surface area (TPSA) is 106 Å². The van der Waals surface area contributed by atoms with Crippen LogP contribution in [0, 0.1) is 6.92 Å². The van der Waals surface area contributed by atoms with Crippen molar-refractivity contribution >= 4 is 29.4 Å². The number of hydrogen-bond donors (Lipinski definition) is 2. The van der Waals surface area contributed by atoms with Crippen LogP contribution in [0.1, 0.15) is 62.7 Å². The molecule has 0 aliphatic heterocycles. The summed E-state index contributed by atoms with van der Waals surface area (Å²) < 4.78 is 6.71. The molecule has 0 unspecified atom stereocenters. The van der Waals surface area contributed by atoms with E-state index in [1.54, 1.807) is 35.9 Å². The first-order chi connectivity index (χ1) is 18.0. The van der Waals surface area contributed by atoms with E-state index in [0.717, 1.165) is 16.9 Å². The fraction of sp³-hybridized carbons (Fsp3) is 0.379. The lowest BCUT2D eigenvalue weighted by Gasteiger charge is -2.22. The van der Waals surface area contributed by atoms with Gasteiger partial charge in [-0.05, 0) is 62.2 Å². The molecule has 9 nitrogen and oxygen atoms in total. The molecule has 0 aliphatic carbocycles. The maximum absolute atomic E-state index is 13.1. The maximum Gasteiger partial charge on any atom is 0.338 e. The lowest BCUT2D eigenvalue weighted by molar-refractivity contribution is -0.116. The van der Waals surface area contributed by atoms with Crippen molar-refractivity contribution in [2.45, 2.75) is 53.4 Å². The molecule has 0 atom stereocenters. The number of amides is 3. The number of anilines is 2. The largest absolute Gasteiger partial charge is 0.462 e. The molecule has 2 N–H and O–H groups in total. The van der Waals surface area contributed by atoms with Crippen LogP contribution in [0.15, 0.2) is 54.6 Å². The van der Waals surface area contributed by atoms with E-state index in [-0.39, 0.29) is 24.5 Å². The number of esters is 1. The van der Waals surface area contributed by atoms with Gasteiger partial charge in [-0.2, -0.15) is 5.10 Å². The highest BCUT2D eigenvalue weighted by molar-refractivity contribution is 5.97. The van der Waals surface area contributed by atoms with Gasteiger partial charge in [0.25, 0.3) is 0 Å². The fourth-order valence-electron chi connectivity index (χ4n) is 3.78. The Kier molecular flexibility index (Phi) is 9.28. The SMILES string of the molecule is CCCN(CC(=O)Nc1cc(C(C)(C)C)nn1-c1cccc(C)c1)C(=O)Nc1ccc(C(=O)OCC)cc1. The van der Waals surface area contributed by atoms with Crippen molar-refractivity contribution in [2.75, 3.05) is 30.3 Å². The number of aryl methyl sites for hydroxylation is 1. The van der Waals surface area contributed by atoms with Crippen LogP contribution in [0.25, 0.3) is 5.69 Å². The smallest absolute Gasteiger partial charge is 0.338 e. The summed E-state index contributed by atoms with van der Waals surface area (Å²) in [6.07, 6.45) is 0.678. The quantitative estimate of drug-likeness (QED) is 0.361. The van der Waals surface area contributed by atoms with Crippen molar-refractivity contribution in [3.8, 4) is 5.69 Å². The van der Waals surface area contributed by atoms with Crippen LogP contribution in [0.3, 0.4) is 0 Å². The lowest BCUT2D eigenvalue weighted by atomic mass is 9.92. The van der Waals surface area contributed by atoms with Crippen LogP contribution in [0.4, 0.5) is 16.3 Å². The van der Waals surface area contributed by atoms with Gasteiger partial charge in [0.2, 0.25) is 5.91 Å². The average Bonchev–Trinajstić information content (AvgIpc) is 3.28. The van der Waals surface area contributed by atoms with E-state index in [1.165, 1.54) is 4.90 Å². The summed E-state index contributed by atoms with van der Waals surface area (Å²) in [6, 6.07) is 15.8. The van der Waals surface area contributed by atoms with Gasteiger partial charge in [0.1, 0.15) is 12.4 Å². The fourth-order valence-corrected chi connectivity index (χ4v) is 3.78. The molecule has 0 saturated carbocycles. The molecular weight excluding hydrogens is 482 g/mol. The second-order valence-electron chi connectivity index (χ2n) is 10.1. The van der Waals surface area contributed by atoms with Gasteiger partial charge in [0, 0.05) is 23.7 Å². The van der Waals surface area contributed by atoms with Gasteiger partial charge in [-0.3, -0.25) is 4.79 Å². The van der Waals surface area contributed by atoms with Crippen LogP contribution >= 0.6 is 0 Å². The van der Waals surface area contributed by atoms with Crippen LogP contribution < -0.4 is 10.6 Å². The number of nitrogens with zero attached hydrogens (tertiary/aromatic N) is 3. The Balaban J connectivity index is 1.74. The maximum atomic E-state index is 13.1. The summed E-state index contributed by atoms with van der Waals surface area (Å²) in [6.45, 7) is 12.4. The molecule has 38 heavy (non-hydrogen) atoms. The molecular formula is C29H37N5O4. The summed E-state index contributed by atoms with van der Waals surface area (Å²) in [4.78, 5) is 39.4. The molecule has 3 aromatic rings. The van der Waals surface area contributed by atoms with Gasteiger partial charge in [0.15, 0.2) is 0 Å². The third-order valence-corrected chi connectivity index (χ3v) is 5.75. The van der Waals surface area contributed by atoms with Crippen LogP contribution in [-0.2, 0) is 14.9 Å². The van der Waals surface area contributed by atoms with Gasteiger partial charge < -0.3 is 20.3 Å². The summed E-state index contributed by atoms with van der Waals surface area (Å²) >= 11 is 0. The Labute approximate surface area is 224 Å². The third kappa shape index (κ3) is 7.44. The predicted molar refractivity (Wildman–Crippen MR) is 149 cm³/mol. The predicted octanol–water partition coefficient (Wildman–Crippen LogP) is 5.54. The van der Waals surface area contributed by atoms with E-state index in [9.17, 15) is 14.4 Å². The number of carbonyl (C=O) groups is 3. The van der Waals surface area contributed by atoms with Crippen molar-refractivity contribution in [1.29, 1.82) is 0 Å². The molecule has 202 valence electrons. The Bertz CT molecular complexity index is 1270. The van der Waals surface area contributed by atoms with Gasteiger partial charge >= 0.3 is 12.0 Å². The van der Waals surface area contributed by atoms with Gasteiger partial charge in [-0.1, -0.05) is 39.8 Å². The Morgan fingerprint density at radius 2 is 1.71 bits per heavy atom. The van der Waals surface area contributed by atoms with E-state index in [1.807, 2.05) is 44.2 Å². The molecule has 9 heteroatoms. The number of ether oxygens (including phenoxy) is 1. The van der Waals surface area contributed by atoms with Gasteiger partial charge in [-0.25, -0.2) is 14.3 Å². The van der Waals surface area contributed by atoms with Crippen LogP contribution in [0.5, 0.6) is 0 Å². The molecule has 1 heterocycles. The minimum atomic E-state index is -0.422. The van der Waals surface area contributed by atoms with Crippen molar-refractivity contribution < 1.29 is 19.1 Å². The molecule has 0 fully saturated rings. The second-order valence-corrected chi connectivity index (χ2v) is 10.1. The third-order valence-electron chi connectivity index (χ3n) is 5.75. The number of benzene rings is 2. The average molecular weight is 520 g/mol. The highest BCUT2D eigenvalue weighted by Gasteiger charge is 2.23. The van der Waals surface area contributed by atoms with Crippen molar-refractivity contribution in [2.24, 2.45) is 0 Å². The Morgan fingerprint density at radius 3 is 2.32 bits per heavy atom. The summed E-state index contributed by atoms with van der Waals surface area (Å²) in [7, 11) is 0. The van der Waals surface area contributed by atoms with Crippen molar-refractivity contribution in [3.05, 3.63) is 71.4 Å². The van der Waals surface area contributed by atoms with Crippen LogP contribution in [0.2, 0.25) is 0 Å². The molecule has 1 aromatic heterocycles. The molecule has 0 bridgehead atoms. The van der Waals surface area contributed by atoms with Crippen molar-refractivity contribution in [3.63, 3.8) is 0 Å². The van der Waals surface area contributed by atoms with E-state index in [2.05, 4.69) is 31.4 Å². The van der Waals surface area contributed by atoms with E-state index >= 15 is 0 Å². The highest BCUT2D eigenvalue weighted by Crippen LogP contribution is 2.26. The summed E-state index contributed by atoms with van der Waals surface area (Å²) in [5, 5.41) is 10.5. The molecule has 0 saturated heterocycles. The number of nitrogens with one attached hydrogen (secondary N) is 2. The monoisotopic (exact) mass is 519 g/mol. The first kappa shape index (κ1) is 28.4. The van der Waals surface area contributed by atoms with E-state index < -0.39 is 12.0 Å². The first-order valence-corrected chi connectivity index (χ1v) is 12.8.